The Bertz CT molecular complexity index is 588. The van der Waals surface area contributed by atoms with E-state index in [0.29, 0.717) is 17.2 Å². The Morgan fingerprint density at radius 3 is 2.77 bits per heavy atom. The van der Waals surface area contributed by atoms with Crippen LogP contribution in [0.3, 0.4) is 0 Å². The number of nitro groups is 1. The van der Waals surface area contributed by atoms with Crippen LogP contribution in [0.25, 0.3) is 0 Å². The number of carbonyl (C=O) groups is 1. The van der Waals surface area contributed by atoms with Gasteiger partial charge in [0, 0.05) is 19.6 Å². The highest BCUT2D eigenvalue weighted by atomic mass is 32.2. The van der Waals surface area contributed by atoms with Gasteiger partial charge in [-0.1, -0.05) is 0 Å². The van der Waals surface area contributed by atoms with Gasteiger partial charge in [-0.2, -0.15) is 0 Å². The number of thioether (sulfide) groups is 1. The molecule has 1 heterocycles. The van der Waals surface area contributed by atoms with E-state index in [9.17, 15) is 14.9 Å². The second-order valence-electron chi connectivity index (χ2n) is 5.04. The van der Waals surface area contributed by atoms with Crippen LogP contribution in [-0.4, -0.2) is 55.3 Å². The van der Waals surface area contributed by atoms with Crippen molar-refractivity contribution in [2.24, 2.45) is 0 Å². The Hall–Kier alpha value is -1.80. The zero-order chi connectivity index (χ0) is 16.3. The maximum Gasteiger partial charge on any atom is 0.285 e. The Kier molecular flexibility index (Phi) is 5.25. The van der Waals surface area contributed by atoms with Gasteiger partial charge in [-0.25, -0.2) is 0 Å². The quantitative estimate of drug-likeness (QED) is 0.504. The van der Waals surface area contributed by atoms with Gasteiger partial charge in [-0.05, 0) is 25.3 Å². The first-order chi connectivity index (χ1) is 10.5. The van der Waals surface area contributed by atoms with Crippen LogP contribution in [-0.2, 0) is 0 Å². The molecule has 7 nitrogen and oxygen atoms in total. The average molecular weight is 325 g/mol. The van der Waals surface area contributed by atoms with Crippen LogP contribution in [0.2, 0.25) is 0 Å². The third kappa shape index (κ3) is 3.17. The van der Waals surface area contributed by atoms with Crippen LogP contribution in [0.5, 0.6) is 5.75 Å². The van der Waals surface area contributed by atoms with E-state index in [1.807, 2.05) is 6.26 Å². The maximum atomic E-state index is 12.7. The fraction of sp³-hybridized carbons (Fsp3) is 0.500. The smallest absolute Gasteiger partial charge is 0.285 e. The van der Waals surface area contributed by atoms with E-state index in [1.165, 1.54) is 24.9 Å². The number of likely N-dealkylation sites (N-methyl/N-ethyl adjacent to an activating group) is 1. The van der Waals surface area contributed by atoms with Crippen LogP contribution in [0.1, 0.15) is 16.8 Å². The molecule has 1 atom stereocenters. The summed E-state index contributed by atoms with van der Waals surface area (Å²) in [5.41, 5.74) is -0.123. The van der Waals surface area contributed by atoms with Gasteiger partial charge in [0.15, 0.2) is 0 Å². The van der Waals surface area contributed by atoms with E-state index in [0.717, 1.165) is 13.0 Å². The van der Waals surface area contributed by atoms with Crippen molar-refractivity contribution in [1.29, 1.82) is 0 Å². The van der Waals surface area contributed by atoms with E-state index < -0.39 is 4.92 Å². The van der Waals surface area contributed by atoms with Crippen LogP contribution in [0.4, 0.5) is 5.69 Å². The highest BCUT2D eigenvalue weighted by molar-refractivity contribution is 7.98. The summed E-state index contributed by atoms with van der Waals surface area (Å²) in [6, 6.07) is 2.93. The van der Waals surface area contributed by atoms with Gasteiger partial charge in [-0.15, -0.1) is 11.8 Å². The number of nitrogens with one attached hydrogen (secondary N) is 1. The first kappa shape index (κ1) is 16.6. The van der Waals surface area contributed by atoms with E-state index in [2.05, 4.69) is 5.32 Å². The summed E-state index contributed by atoms with van der Waals surface area (Å²) in [5, 5.41) is 14.5. The number of nitro benzene ring substituents is 1. The highest BCUT2D eigenvalue weighted by Gasteiger charge is 2.30. The summed E-state index contributed by atoms with van der Waals surface area (Å²) in [4.78, 5) is 25.7. The third-order valence-electron chi connectivity index (χ3n) is 3.83. The molecular formula is C14H19N3O4S. The number of amides is 1. The molecule has 1 aromatic rings. The Balaban J connectivity index is 2.43. The van der Waals surface area contributed by atoms with E-state index in [1.54, 1.807) is 18.0 Å². The van der Waals surface area contributed by atoms with Gasteiger partial charge in [0.25, 0.3) is 11.6 Å². The summed E-state index contributed by atoms with van der Waals surface area (Å²) >= 11 is 1.39. The van der Waals surface area contributed by atoms with Crippen molar-refractivity contribution >= 4 is 23.4 Å². The van der Waals surface area contributed by atoms with Crippen LogP contribution in [0.15, 0.2) is 17.0 Å². The lowest BCUT2D eigenvalue weighted by Gasteiger charge is -2.24. The predicted molar refractivity (Wildman–Crippen MR) is 84.8 cm³/mol. The molecule has 1 unspecified atom stereocenters. The molecule has 1 aliphatic rings. The minimum atomic E-state index is -0.541. The molecule has 1 N–H and O–H groups in total. The van der Waals surface area contributed by atoms with E-state index >= 15 is 0 Å². The molecule has 0 spiro atoms. The van der Waals surface area contributed by atoms with Crippen molar-refractivity contribution in [3.63, 3.8) is 0 Å². The Labute approximate surface area is 133 Å². The number of rotatable bonds is 5. The zero-order valence-corrected chi connectivity index (χ0v) is 13.6. The summed E-state index contributed by atoms with van der Waals surface area (Å²) in [6.07, 6.45) is 2.68. The summed E-state index contributed by atoms with van der Waals surface area (Å²) in [7, 11) is 3.14. The molecule has 1 amide bonds. The fourth-order valence-electron chi connectivity index (χ4n) is 2.52. The molecule has 120 valence electrons. The molecule has 2 rings (SSSR count). The van der Waals surface area contributed by atoms with E-state index in [4.69, 9.17) is 4.74 Å². The fourth-order valence-corrected chi connectivity index (χ4v) is 3.10. The van der Waals surface area contributed by atoms with Crippen molar-refractivity contribution in [2.45, 2.75) is 17.4 Å². The second kappa shape index (κ2) is 6.97. The number of ether oxygens (including phenoxy) is 1. The monoisotopic (exact) mass is 325 g/mol. The van der Waals surface area contributed by atoms with E-state index in [-0.39, 0.29) is 23.2 Å². The molecule has 1 saturated heterocycles. The van der Waals surface area contributed by atoms with Gasteiger partial charge in [0.1, 0.15) is 11.3 Å². The topological polar surface area (TPSA) is 84.7 Å². The number of benzene rings is 1. The van der Waals surface area contributed by atoms with Gasteiger partial charge in [-0.3, -0.25) is 14.9 Å². The normalized spacial score (nSPS) is 17.3. The van der Waals surface area contributed by atoms with Crippen molar-refractivity contribution in [3.05, 3.63) is 27.8 Å². The van der Waals surface area contributed by atoms with Crippen molar-refractivity contribution in [3.8, 4) is 5.75 Å². The molecule has 1 fully saturated rings. The second-order valence-corrected chi connectivity index (χ2v) is 5.89. The summed E-state index contributed by atoms with van der Waals surface area (Å²) < 4.78 is 5.16. The minimum absolute atomic E-state index is 0.0620. The SMILES string of the molecule is COc1cc([N+](=O)[O-])c(C(=O)N(C)C2CCNC2)cc1SC. The van der Waals surface area contributed by atoms with Crippen molar-refractivity contribution < 1.29 is 14.5 Å². The molecular weight excluding hydrogens is 306 g/mol. The van der Waals surface area contributed by atoms with Crippen molar-refractivity contribution in [2.75, 3.05) is 33.5 Å². The first-order valence-electron chi connectivity index (χ1n) is 6.87. The molecule has 22 heavy (non-hydrogen) atoms. The molecule has 1 aliphatic heterocycles. The van der Waals surface area contributed by atoms with Gasteiger partial charge < -0.3 is 15.0 Å². The molecule has 0 aliphatic carbocycles. The summed E-state index contributed by atoms with van der Waals surface area (Å²) in [6.45, 7) is 1.56. The zero-order valence-electron chi connectivity index (χ0n) is 12.8. The number of hydrogen-bond acceptors (Lipinski definition) is 6. The van der Waals surface area contributed by atoms with Crippen molar-refractivity contribution in [1.82, 2.24) is 10.2 Å². The standard InChI is InChI=1S/C14H19N3O4S/c1-16(9-4-5-15-8-9)14(18)10-6-13(22-3)12(21-2)7-11(10)17(19)20/h6-7,9,15H,4-5,8H2,1-3H3. The lowest BCUT2D eigenvalue weighted by molar-refractivity contribution is -0.385. The lowest BCUT2D eigenvalue weighted by atomic mass is 10.1. The number of nitrogens with zero attached hydrogens (tertiary/aromatic N) is 2. The molecule has 8 heteroatoms. The van der Waals surface area contributed by atoms with Crippen LogP contribution in [0, 0.1) is 10.1 Å². The Morgan fingerprint density at radius 1 is 1.55 bits per heavy atom. The van der Waals surface area contributed by atoms with Gasteiger partial charge in [0.05, 0.1) is 23.0 Å². The van der Waals surface area contributed by atoms with Crippen LogP contribution >= 0.6 is 11.8 Å². The average Bonchev–Trinajstić information content (AvgIpc) is 3.06. The van der Waals surface area contributed by atoms with Gasteiger partial charge in [0.2, 0.25) is 0 Å². The largest absolute Gasteiger partial charge is 0.495 e. The maximum absolute atomic E-state index is 12.7. The Morgan fingerprint density at radius 2 is 2.27 bits per heavy atom. The summed E-state index contributed by atoms with van der Waals surface area (Å²) in [5.74, 6) is 0.0688. The predicted octanol–water partition coefficient (Wildman–Crippen LogP) is 1.76. The number of methoxy groups -OCH3 is 1. The molecule has 0 bridgehead atoms. The molecule has 0 aromatic heterocycles. The minimum Gasteiger partial charge on any atom is -0.495 e. The highest BCUT2D eigenvalue weighted by Crippen LogP contribution is 2.35. The molecule has 0 saturated carbocycles. The molecule has 1 aromatic carbocycles. The van der Waals surface area contributed by atoms with Gasteiger partial charge >= 0.3 is 0 Å². The van der Waals surface area contributed by atoms with Crippen LogP contribution < -0.4 is 10.1 Å². The molecule has 0 radical (unpaired) electrons. The first-order valence-corrected chi connectivity index (χ1v) is 8.10. The number of hydrogen-bond donors (Lipinski definition) is 1. The lowest BCUT2D eigenvalue weighted by Crippen LogP contribution is -2.38. The number of carbonyl (C=O) groups excluding carboxylic acids is 1. The third-order valence-corrected chi connectivity index (χ3v) is 4.59.